The highest BCUT2D eigenvalue weighted by atomic mass is 16.5. The van der Waals surface area contributed by atoms with Crippen LogP contribution < -0.4 is 10.9 Å². The van der Waals surface area contributed by atoms with Crippen LogP contribution in [0.4, 0.5) is 0 Å². The standard InChI is InChI=1S/C21H30N4O4/c1-2-3-11-28-12-6-9-22-21(27)18-14-25(10-13-29-18)15-19-23-17-8-5-4-7-16(17)20(26)24-19/h4-5,7-8,18H,2-3,6,9-15H2,1H3,(H,22,27)(H,23,24,26)/t18-/m1/s1. The summed E-state index contributed by atoms with van der Waals surface area (Å²) in [5.41, 5.74) is 0.532. The summed E-state index contributed by atoms with van der Waals surface area (Å²) in [6, 6.07) is 7.27. The van der Waals surface area contributed by atoms with Gasteiger partial charge in [0.05, 0.1) is 24.1 Å². The molecule has 2 N–H and O–H groups in total. The number of nitrogens with one attached hydrogen (secondary N) is 2. The third-order valence-electron chi connectivity index (χ3n) is 4.89. The number of para-hydroxylation sites is 1. The van der Waals surface area contributed by atoms with Gasteiger partial charge in [-0.1, -0.05) is 25.5 Å². The fourth-order valence-corrected chi connectivity index (χ4v) is 3.27. The van der Waals surface area contributed by atoms with E-state index < -0.39 is 6.10 Å². The molecule has 1 aliphatic rings. The van der Waals surface area contributed by atoms with Gasteiger partial charge in [0.25, 0.3) is 5.56 Å². The van der Waals surface area contributed by atoms with E-state index in [1.807, 2.05) is 18.2 Å². The van der Waals surface area contributed by atoms with Gasteiger partial charge in [-0.25, -0.2) is 4.98 Å². The summed E-state index contributed by atoms with van der Waals surface area (Å²) in [6.45, 7) is 6.22. The van der Waals surface area contributed by atoms with Crippen LogP contribution in [0.15, 0.2) is 29.1 Å². The molecule has 0 saturated carbocycles. The van der Waals surface area contributed by atoms with E-state index in [9.17, 15) is 9.59 Å². The van der Waals surface area contributed by atoms with E-state index in [1.54, 1.807) is 6.07 Å². The second-order valence-corrected chi connectivity index (χ2v) is 7.23. The molecule has 1 aromatic heterocycles. The molecule has 1 aliphatic heterocycles. The van der Waals surface area contributed by atoms with Crippen LogP contribution in [-0.2, 0) is 20.8 Å². The maximum atomic E-state index is 12.4. The minimum absolute atomic E-state index is 0.108. The van der Waals surface area contributed by atoms with E-state index in [2.05, 4.69) is 27.1 Å². The third-order valence-corrected chi connectivity index (χ3v) is 4.89. The Bertz CT molecular complexity index is 854. The first kappa shape index (κ1) is 21.4. The highest BCUT2D eigenvalue weighted by Gasteiger charge is 2.26. The van der Waals surface area contributed by atoms with Crippen LogP contribution in [0.5, 0.6) is 0 Å². The number of hydrogen-bond donors (Lipinski definition) is 2. The van der Waals surface area contributed by atoms with Gasteiger partial charge in [0.2, 0.25) is 5.91 Å². The fourth-order valence-electron chi connectivity index (χ4n) is 3.27. The van der Waals surface area contributed by atoms with Crippen molar-refractivity contribution in [3.05, 3.63) is 40.4 Å². The molecule has 0 radical (unpaired) electrons. The Balaban J connectivity index is 1.47. The molecule has 1 aromatic carbocycles. The summed E-state index contributed by atoms with van der Waals surface area (Å²) in [5, 5.41) is 3.49. The van der Waals surface area contributed by atoms with E-state index in [1.165, 1.54) is 0 Å². The van der Waals surface area contributed by atoms with Gasteiger partial charge in [-0.15, -0.1) is 0 Å². The van der Waals surface area contributed by atoms with Crippen molar-refractivity contribution in [3.8, 4) is 0 Å². The van der Waals surface area contributed by atoms with E-state index in [4.69, 9.17) is 9.47 Å². The summed E-state index contributed by atoms with van der Waals surface area (Å²) in [7, 11) is 0. The van der Waals surface area contributed by atoms with E-state index in [0.717, 1.165) is 25.9 Å². The summed E-state index contributed by atoms with van der Waals surface area (Å²) >= 11 is 0. The van der Waals surface area contributed by atoms with Crippen LogP contribution in [0, 0.1) is 0 Å². The Labute approximate surface area is 170 Å². The summed E-state index contributed by atoms with van der Waals surface area (Å²) in [5.74, 6) is 0.488. The number of fused-ring (bicyclic) bond motifs is 1. The van der Waals surface area contributed by atoms with Crippen molar-refractivity contribution < 1.29 is 14.3 Å². The van der Waals surface area contributed by atoms with Gasteiger partial charge in [-0.05, 0) is 25.0 Å². The van der Waals surface area contributed by atoms with Gasteiger partial charge in [-0.2, -0.15) is 0 Å². The quantitative estimate of drug-likeness (QED) is 0.584. The predicted octanol–water partition coefficient (Wildman–Crippen LogP) is 1.45. The van der Waals surface area contributed by atoms with Crippen molar-refractivity contribution in [2.75, 3.05) is 39.5 Å². The lowest BCUT2D eigenvalue weighted by Gasteiger charge is -2.31. The molecule has 3 rings (SSSR count). The lowest BCUT2D eigenvalue weighted by atomic mass is 10.2. The molecule has 8 heteroatoms. The fraction of sp³-hybridized carbons (Fsp3) is 0.571. The number of rotatable bonds is 10. The number of aromatic nitrogens is 2. The number of H-pyrrole nitrogens is 1. The monoisotopic (exact) mass is 402 g/mol. The lowest BCUT2D eigenvalue weighted by Crippen LogP contribution is -2.49. The van der Waals surface area contributed by atoms with Gasteiger partial charge in [0, 0.05) is 32.8 Å². The van der Waals surface area contributed by atoms with Crippen LogP contribution in [0.3, 0.4) is 0 Å². The van der Waals surface area contributed by atoms with E-state index in [-0.39, 0.29) is 11.5 Å². The maximum absolute atomic E-state index is 12.4. The van der Waals surface area contributed by atoms with Crippen molar-refractivity contribution >= 4 is 16.8 Å². The van der Waals surface area contributed by atoms with Crippen molar-refractivity contribution in [1.29, 1.82) is 0 Å². The highest BCUT2D eigenvalue weighted by Crippen LogP contribution is 2.10. The number of unbranched alkanes of at least 4 members (excludes halogenated alkanes) is 1. The average molecular weight is 402 g/mol. The number of hydrogen-bond acceptors (Lipinski definition) is 6. The number of morpholine rings is 1. The molecule has 0 bridgehead atoms. The second-order valence-electron chi connectivity index (χ2n) is 7.23. The molecule has 1 atom stereocenters. The molecule has 1 saturated heterocycles. The number of carbonyl (C=O) groups excluding carboxylic acids is 1. The van der Waals surface area contributed by atoms with Gasteiger partial charge in [-0.3, -0.25) is 14.5 Å². The first-order valence-electron chi connectivity index (χ1n) is 10.3. The van der Waals surface area contributed by atoms with Crippen LogP contribution in [0.2, 0.25) is 0 Å². The first-order chi connectivity index (χ1) is 14.2. The summed E-state index contributed by atoms with van der Waals surface area (Å²) in [4.78, 5) is 34.1. The Kier molecular flexibility index (Phi) is 8.15. The third kappa shape index (κ3) is 6.35. The topological polar surface area (TPSA) is 96.5 Å². The SMILES string of the molecule is CCCCOCCCNC(=O)[C@H]1CN(Cc2nc3ccccc3c(=O)[nH]2)CCO1. The van der Waals surface area contributed by atoms with Crippen molar-refractivity contribution in [3.63, 3.8) is 0 Å². The number of aromatic amines is 1. The minimum atomic E-state index is -0.517. The average Bonchev–Trinajstić information content (AvgIpc) is 2.73. The van der Waals surface area contributed by atoms with Crippen molar-refractivity contribution in [1.82, 2.24) is 20.2 Å². The van der Waals surface area contributed by atoms with Gasteiger partial charge < -0.3 is 19.8 Å². The number of benzene rings is 1. The smallest absolute Gasteiger partial charge is 0.258 e. The highest BCUT2D eigenvalue weighted by molar-refractivity contribution is 5.81. The van der Waals surface area contributed by atoms with Crippen molar-refractivity contribution in [2.45, 2.75) is 38.8 Å². The maximum Gasteiger partial charge on any atom is 0.258 e. The van der Waals surface area contributed by atoms with Gasteiger partial charge in [0.1, 0.15) is 11.9 Å². The van der Waals surface area contributed by atoms with Gasteiger partial charge in [0.15, 0.2) is 0 Å². The van der Waals surface area contributed by atoms with E-state index >= 15 is 0 Å². The number of amides is 1. The molecule has 8 nitrogen and oxygen atoms in total. The zero-order valence-electron chi connectivity index (χ0n) is 17.0. The van der Waals surface area contributed by atoms with Crippen LogP contribution in [0.25, 0.3) is 10.9 Å². The van der Waals surface area contributed by atoms with Crippen LogP contribution in [0.1, 0.15) is 32.0 Å². The molecular formula is C21H30N4O4. The Hall–Kier alpha value is -2.29. The van der Waals surface area contributed by atoms with Crippen LogP contribution >= 0.6 is 0 Å². The first-order valence-corrected chi connectivity index (χ1v) is 10.3. The molecular weight excluding hydrogens is 372 g/mol. The van der Waals surface area contributed by atoms with E-state index in [0.29, 0.717) is 56.1 Å². The Morgan fingerprint density at radius 1 is 1.34 bits per heavy atom. The molecule has 0 spiro atoms. The largest absolute Gasteiger partial charge is 0.381 e. The zero-order chi connectivity index (χ0) is 20.5. The number of nitrogens with zero attached hydrogens (tertiary/aromatic N) is 2. The molecule has 2 aromatic rings. The Morgan fingerprint density at radius 3 is 3.03 bits per heavy atom. The molecule has 1 amide bonds. The second kappa shape index (κ2) is 11.0. The normalized spacial score (nSPS) is 17.5. The minimum Gasteiger partial charge on any atom is -0.381 e. The zero-order valence-corrected chi connectivity index (χ0v) is 17.0. The van der Waals surface area contributed by atoms with Crippen LogP contribution in [-0.4, -0.2) is 66.3 Å². The Morgan fingerprint density at radius 2 is 2.17 bits per heavy atom. The molecule has 29 heavy (non-hydrogen) atoms. The molecule has 158 valence electrons. The molecule has 1 fully saturated rings. The number of carbonyl (C=O) groups is 1. The number of ether oxygens (including phenoxy) is 2. The molecule has 0 unspecified atom stereocenters. The van der Waals surface area contributed by atoms with Gasteiger partial charge >= 0.3 is 0 Å². The molecule has 2 heterocycles. The molecule has 0 aliphatic carbocycles. The summed E-state index contributed by atoms with van der Waals surface area (Å²) < 4.78 is 11.1. The summed E-state index contributed by atoms with van der Waals surface area (Å²) in [6.07, 6.45) is 2.45. The van der Waals surface area contributed by atoms with Crippen molar-refractivity contribution in [2.24, 2.45) is 0 Å². The lowest BCUT2D eigenvalue weighted by molar-refractivity contribution is -0.138. The predicted molar refractivity (Wildman–Crippen MR) is 111 cm³/mol.